The number of hydrogen-bond donors (Lipinski definition) is 2. The Morgan fingerprint density at radius 1 is 1.45 bits per heavy atom. The Morgan fingerprint density at radius 2 is 2.20 bits per heavy atom. The van der Waals surface area contributed by atoms with Crippen molar-refractivity contribution < 1.29 is 18.3 Å². The Morgan fingerprint density at radius 3 is 2.80 bits per heavy atom. The van der Waals surface area contributed by atoms with Crippen LogP contribution in [0.5, 0.6) is 0 Å². The molecule has 0 aliphatic carbocycles. The molecule has 0 saturated carbocycles. The van der Waals surface area contributed by atoms with Gasteiger partial charge in [-0.05, 0) is 0 Å². The number of nitrogens with zero attached hydrogens (tertiary/aromatic N) is 4. The van der Waals surface area contributed by atoms with E-state index in [1.807, 2.05) is 0 Å². The van der Waals surface area contributed by atoms with Gasteiger partial charge in [-0.1, -0.05) is 0 Å². The number of carboxylic acid groups (broad SMARTS) is 1. The zero-order valence-electron chi connectivity index (χ0n) is 10.6. The van der Waals surface area contributed by atoms with E-state index in [-0.39, 0.29) is 17.9 Å². The Bertz CT molecular complexity index is 718. The Hall–Kier alpha value is -2.36. The molecule has 2 heterocycles. The number of carbonyl (C=O) groups is 1. The summed E-state index contributed by atoms with van der Waals surface area (Å²) in [6, 6.07) is 1.52. The summed E-state index contributed by atoms with van der Waals surface area (Å²) in [5.41, 5.74) is 0. The number of anilines is 1. The first-order chi connectivity index (χ1) is 9.38. The Kier molecular flexibility index (Phi) is 3.74. The molecule has 0 aromatic carbocycles. The molecule has 0 aliphatic rings. The van der Waals surface area contributed by atoms with Crippen LogP contribution >= 0.6 is 0 Å². The average Bonchev–Trinajstić information content (AvgIpc) is 2.97. The molecule has 2 N–H and O–H groups in total. The van der Waals surface area contributed by atoms with Gasteiger partial charge in [0.05, 0.1) is 25.4 Å². The van der Waals surface area contributed by atoms with E-state index in [9.17, 15) is 13.2 Å². The van der Waals surface area contributed by atoms with E-state index in [0.29, 0.717) is 5.82 Å². The van der Waals surface area contributed by atoms with Crippen LogP contribution in [0.3, 0.4) is 0 Å². The highest BCUT2D eigenvalue weighted by Gasteiger charge is 2.18. The van der Waals surface area contributed by atoms with Gasteiger partial charge >= 0.3 is 5.97 Å². The maximum absolute atomic E-state index is 12.1. The van der Waals surface area contributed by atoms with Gasteiger partial charge in [0.25, 0.3) is 10.0 Å². The van der Waals surface area contributed by atoms with Crippen molar-refractivity contribution in [1.82, 2.24) is 19.6 Å². The van der Waals surface area contributed by atoms with Crippen LogP contribution in [-0.2, 0) is 28.4 Å². The second-order valence-electron chi connectivity index (χ2n) is 4.03. The second-order valence-corrected chi connectivity index (χ2v) is 5.71. The van der Waals surface area contributed by atoms with Crippen LogP contribution in [0.25, 0.3) is 0 Å². The lowest BCUT2D eigenvalue weighted by Gasteiger charge is -2.05. The molecule has 2 aromatic rings. The topological polar surface area (TPSA) is 119 Å². The summed E-state index contributed by atoms with van der Waals surface area (Å²) in [5.74, 6) is -0.652. The number of carboxylic acids is 1. The lowest BCUT2D eigenvalue weighted by atomic mass is 10.4. The molecule has 2 rings (SSSR count). The first kappa shape index (κ1) is 14.1. The SMILES string of the molecule is Cn1nccc1NS(=O)(=O)c1cnn(CCC(=O)O)c1. The van der Waals surface area contributed by atoms with Crippen LogP contribution in [0, 0.1) is 0 Å². The fraction of sp³-hybridized carbons (Fsp3) is 0.300. The summed E-state index contributed by atoms with van der Waals surface area (Å²) in [4.78, 5) is 10.4. The van der Waals surface area contributed by atoms with E-state index < -0.39 is 16.0 Å². The number of aliphatic carboxylic acids is 1. The van der Waals surface area contributed by atoms with E-state index >= 15 is 0 Å². The number of aromatic nitrogens is 4. The quantitative estimate of drug-likeness (QED) is 0.768. The second kappa shape index (κ2) is 5.33. The number of sulfonamides is 1. The van der Waals surface area contributed by atoms with E-state index in [2.05, 4.69) is 14.9 Å². The molecule has 0 fully saturated rings. The summed E-state index contributed by atoms with van der Waals surface area (Å²) < 4.78 is 29.2. The van der Waals surface area contributed by atoms with Gasteiger partial charge in [0.2, 0.25) is 0 Å². The predicted octanol–water partition coefficient (Wildman–Crippen LogP) is -0.108. The molecule has 0 bridgehead atoms. The zero-order chi connectivity index (χ0) is 14.8. The molecule has 20 heavy (non-hydrogen) atoms. The molecular weight excluding hydrogens is 286 g/mol. The van der Waals surface area contributed by atoms with Crippen LogP contribution < -0.4 is 4.72 Å². The molecular formula is C10H13N5O4S. The molecule has 0 saturated heterocycles. The van der Waals surface area contributed by atoms with Crippen LogP contribution in [0.15, 0.2) is 29.6 Å². The number of rotatable bonds is 6. The molecule has 0 aliphatic heterocycles. The number of hydrogen-bond acceptors (Lipinski definition) is 5. The summed E-state index contributed by atoms with van der Waals surface area (Å²) in [7, 11) is -2.16. The van der Waals surface area contributed by atoms with Crippen LogP contribution in [-0.4, -0.2) is 39.1 Å². The van der Waals surface area contributed by atoms with E-state index in [4.69, 9.17) is 5.11 Å². The Balaban J connectivity index is 2.14. The largest absolute Gasteiger partial charge is 0.481 e. The first-order valence-corrected chi connectivity index (χ1v) is 7.12. The summed E-state index contributed by atoms with van der Waals surface area (Å²) in [5, 5.41) is 16.2. The van der Waals surface area contributed by atoms with Gasteiger partial charge in [0.15, 0.2) is 0 Å². The fourth-order valence-corrected chi connectivity index (χ4v) is 2.53. The minimum atomic E-state index is -3.77. The highest BCUT2D eigenvalue weighted by atomic mass is 32.2. The van der Waals surface area contributed by atoms with Gasteiger partial charge in [-0.15, -0.1) is 0 Å². The average molecular weight is 299 g/mol. The molecule has 9 nitrogen and oxygen atoms in total. The highest BCUT2D eigenvalue weighted by molar-refractivity contribution is 7.92. The molecule has 0 unspecified atom stereocenters. The number of nitrogens with one attached hydrogen (secondary N) is 1. The van der Waals surface area contributed by atoms with E-state index in [1.165, 1.54) is 34.0 Å². The fourth-order valence-electron chi connectivity index (χ4n) is 1.49. The smallest absolute Gasteiger partial charge is 0.305 e. The van der Waals surface area contributed by atoms with Crippen molar-refractivity contribution in [1.29, 1.82) is 0 Å². The van der Waals surface area contributed by atoms with Gasteiger partial charge in [-0.2, -0.15) is 10.2 Å². The highest BCUT2D eigenvalue weighted by Crippen LogP contribution is 2.14. The summed E-state index contributed by atoms with van der Waals surface area (Å²) in [6.45, 7) is 0.108. The number of aryl methyl sites for hydroxylation is 2. The molecule has 10 heteroatoms. The van der Waals surface area contributed by atoms with Gasteiger partial charge in [-0.3, -0.25) is 18.9 Å². The first-order valence-electron chi connectivity index (χ1n) is 5.63. The third kappa shape index (κ3) is 3.15. The summed E-state index contributed by atoms with van der Waals surface area (Å²) in [6.07, 6.45) is 3.78. The molecule has 0 amide bonds. The van der Waals surface area contributed by atoms with Gasteiger partial charge < -0.3 is 5.11 Å². The van der Waals surface area contributed by atoms with Gasteiger partial charge in [0.1, 0.15) is 10.7 Å². The van der Waals surface area contributed by atoms with Crippen molar-refractivity contribution in [2.75, 3.05) is 4.72 Å². The molecule has 0 spiro atoms. The molecule has 108 valence electrons. The van der Waals surface area contributed by atoms with Crippen molar-refractivity contribution in [2.24, 2.45) is 7.05 Å². The third-order valence-electron chi connectivity index (χ3n) is 2.53. The van der Waals surface area contributed by atoms with Crippen molar-refractivity contribution in [3.63, 3.8) is 0 Å². The minimum absolute atomic E-state index is 0.0379. The van der Waals surface area contributed by atoms with Crippen LogP contribution in [0.1, 0.15) is 6.42 Å². The minimum Gasteiger partial charge on any atom is -0.481 e. The lowest BCUT2D eigenvalue weighted by Crippen LogP contribution is -2.15. The maximum atomic E-state index is 12.1. The van der Waals surface area contributed by atoms with Gasteiger partial charge in [0, 0.05) is 19.3 Å². The van der Waals surface area contributed by atoms with Crippen molar-refractivity contribution in [3.05, 3.63) is 24.7 Å². The maximum Gasteiger partial charge on any atom is 0.305 e. The van der Waals surface area contributed by atoms with Crippen LogP contribution in [0.4, 0.5) is 5.82 Å². The monoisotopic (exact) mass is 299 g/mol. The van der Waals surface area contributed by atoms with E-state index in [0.717, 1.165) is 0 Å². The van der Waals surface area contributed by atoms with Crippen molar-refractivity contribution >= 4 is 21.8 Å². The van der Waals surface area contributed by atoms with Crippen molar-refractivity contribution in [2.45, 2.75) is 17.9 Å². The third-order valence-corrected chi connectivity index (χ3v) is 3.84. The van der Waals surface area contributed by atoms with Crippen molar-refractivity contribution in [3.8, 4) is 0 Å². The lowest BCUT2D eigenvalue weighted by molar-refractivity contribution is -0.137. The zero-order valence-corrected chi connectivity index (χ0v) is 11.4. The normalized spacial score (nSPS) is 11.4. The molecule has 0 atom stereocenters. The molecule has 0 radical (unpaired) electrons. The predicted molar refractivity (Wildman–Crippen MR) is 68.5 cm³/mol. The summed E-state index contributed by atoms with van der Waals surface area (Å²) >= 11 is 0. The van der Waals surface area contributed by atoms with Crippen LogP contribution in [0.2, 0.25) is 0 Å². The van der Waals surface area contributed by atoms with E-state index in [1.54, 1.807) is 7.05 Å². The molecule has 2 aromatic heterocycles. The Labute approximate surface area is 114 Å². The van der Waals surface area contributed by atoms with Gasteiger partial charge in [-0.25, -0.2) is 8.42 Å². The standard InChI is InChI=1S/C10H13N5O4S/c1-14-9(2-4-11-14)13-20(18,19)8-6-12-15(7-8)5-3-10(16)17/h2,4,6-7,13H,3,5H2,1H3,(H,16,17).